The molecule has 1 aromatic carbocycles. The van der Waals surface area contributed by atoms with E-state index in [9.17, 15) is 14.4 Å². The number of anilines is 1. The predicted molar refractivity (Wildman–Crippen MR) is 113 cm³/mol. The Morgan fingerprint density at radius 3 is 2.42 bits per heavy atom. The van der Waals surface area contributed by atoms with Gasteiger partial charge in [-0.15, -0.1) is 0 Å². The molecule has 166 valence electrons. The minimum atomic E-state index is -1.84. The van der Waals surface area contributed by atoms with E-state index in [1.165, 1.54) is 0 Å². The maximum Gasteiger partial charge on any atom is 0.341 e. The summed E-state index contributed by atoms with van der Waals surface area (Å²) in [6.07, 6.45) is 0.936. The number of para-hydroxylation sites is 1. The highest BCUT2D eigenvalue weighted by Gasteiger charge is 2.62. The number of hydrogen-bond acceptors (Lipinski definition) is 7. The number of hydrogen-bond donors (Lipinski definition) is 2. The molecule has 0 aromatic heterocycles. The minimum Gasteiger partial charge on any atom is -0.462 e. The van der Waals surface area contributed by atoms with Crippen LogP contribution in [0, 0.1) is 0 Å². The number of nitrogens with one attached hydrogen (secondary N) is 1. The van der Waals surface area contributed by atoms with Crippen molar-refractivity contribution in [3.8, 4) is 0 Å². The predicted octanol–water partition coefficient (Wildman–Crippen LogP) is 3.04. The number of nitrogens with two attached hydrogens (primary N) is 1. The first-order valence-electron chi connectivity index (χ1n) is 10.3. The second kappa shape index (κ2) is 8.09. The van der Waals surface area contributed by atoms with E-state index in [4.69, 9.17) is 19.9 Å². The topological polar surface area (TPSA) is 117 Å². The normalized spacial score (nSPS) is 20.4. The summed E-state index contributed by atoms with van der Waals surface area (Å²) >= 11 is 0. The average molecular weight is 428 g/mol. The maximum absolute atomic E-state index is 13.6. The molecule has 8 nitrogen and oxygen atoms in total. The van der Waals surface area contributed by atoms with Gasteiger partial charge in [-0.3, -0.25) is 4.79 Å². The Labute approximate surface area is 181 Å². The van der Waals surface area contributed by atoms with Crippen LogP contribution in [0.4, 0.5) is 5.69 Å². The molecule has 31 heavy (non-hydrogen) atoms. The molecule has 1 amide bonds. The summed E-state index contributed by atoms with van der Waals surface area (Å²) in [5.74, 6) is -2.23. The third-order valence-electron chi connectivity index (χ3n) is 4.99. The molecule has 0 saturated heterocycles. The van der Waals surface area contributed by atoms with Gasteiger partial charge in [0.05, 0.1) is 6.61 Å². The fourth-order valence-electron chi connectivity index (χ4n) is 3.96. The summed E-state index contributed by atoms with van der Waals surface area (Å²) in [5, 5.41) is 2.78. The Hall–Kier alpha value is -3.29. The van der Waals surface area contributed by atoms with Crippen LogP contribution in [0.5, 0.6) is 0 Å². The first-order valence-corrected chi connectivity index (χ1v) is 10.3. The van der Waals surface area contributed by atoms with Gasteiger partial charge in [0.2, 0.25) is 11.8 Å². The van der Waals surface area contributed by atoms with Gasteiger partial charge < -0.3 is 25.3 Å². The lowest BCUT2D eigenvalue weighted by atomic mass is 9.67. The third-order valence-corrected chi connectivity index (χ3v) is 4.99. The number of benzene rings is 1. The van der Waals surface area contributed by atoms with Crippen LogP contribution < -0.4 is 11.1 Å². The van der Waals surface area contributed by atoms with Crippen LogP contribution >= 0.6 is 0 Å². The molecule has 0 bridgehead atoms. The van der Waals surface area contributed by atoms with Crippen molar-refractivity contribution in [2.24, 2.45) is 5.73 Å². The second-order valence-electron chi connectivity index (χ2n) is 8.36. The minimum absolute atomic E-state index is 0.0519. The van der Waals surface area contributed by atoms with E-state index in [0.29, 0.717) is 24.1 Å². The van der Waals surface area contributed by atoms with Crippen molar-refractivity contribution in [1.29, 1.82) is 0 Å². The molecule has 0 radical (unpaired) electrons. The lowest BCUT2D eigenvalue weighted by Crippen LogP contribution is -2.49. The van der Waals surface area contributed by atoms with Crippen LogP contribution in [0.15, 0.2) is 47.1 Å². The number of esters is 2. The van der Waals surface area contributed by atoms with Crippen molar-refractivity contribution in [3.63, 3.8) is 0 Å². The largest absolute Gasteiger partial charge is 0.462 e. The van der Waals surface area contributed by atoms with Crippen LogP contribution in [-0.2, 0) is 34.0 Å². The van der Waals surface area contributed by atoms with Crippen LogP contribution in [0.25, 0.3) is 0 Å². The van der Waals surface area contributed by atoms with Crippen molar-refractivity contribution in [2.45, 2.75) is 58.5 Å². The molecule has 0 aliphatic carbocycles. The molecule has 1 atom stereocenters. The molecule has 2 aliphatic heterocycles. The van der Waals surface area contributed by atoms with Crippen LogP contribution in [-0.4, -0.2) is 30.1 Å². The number of ether oxygens (including phenoxy) is 3. The molecule has 2 aliphatic rings. The van der Waals surface area contributed by atoms with E-state index < -0.39 is 28.9 Å². The quantitative estimate of drug-likeness (QED) is 0.692. The van der Waals surface area contributed by atoms with E-state index >= 15 is 0 Å². The van der Waals surface area contributed by atoms with Gasteiger partial charge in [-0.05, 0) is 40.2 Å². The number of fused-ring (bicyclic) bond motifs is 2. The Bertz CT molecular complexity index is 1000. The first kappa shape index (κ1) is 22.4. The van der Waals surface area contributed by atoms with Crippen LogP contribution in [0.1, 0.15) is 53.0 Å². The molecule has 2 heterocycles. The third kappa shape index (κ3) is 3.66. The maximum atomic E-state index is 13.6. The van der Waals surface area contributed by atoms with Gasteiger partial charge in [0, 0.05) is 17.7 Å². The summed E-state index contributed by atoms with van der Waals surface area (Å²) in [5.41, 5.74) is 4.13. The fraction of sp³-hybridized carbons (Fsp3) is 0.435. The van der Waals surface area contributed by atoms with Gasteiger partial charge in [0.15, 0.2) is 0 Å². The van der Waals surface area contributed by atoms with Crippen molar-refractivity contribution >= 4 is 23.5 Å². The van der Waals surface area contributed by atoms with E-state index in [1.807, 2.05) is 6.92 Å². The monoisotopic (exact) mass is 428 g/mol. The molecule has 0 unspecified atom stereocenters. The molecular weight excluding hydrogens is 400 g/mol. The first-order chi connectivity index (χ1) is 14.6. The van der Waals surface area contributed by atoms with Gasteiger partial charge in [0.25, 0.3) is 0 Å². The van der Waals surface area contributed by atoms with Gasteiger partial charge >= 0.3 is 11.9 Å². The SMILES string of the molecule is CCCC1=C(C(=O)OC(C)(C)C)[C@]2(C(=O)Nc3ccccc32)C(C(=O)OCC)=C(N)O1. The van der Waals surface area contributed by atoms with E-state index in [-0.39, 0.29) is 29.4 Å². The number of carbonyl (C=O) groups excluding carboxylic acids is 3. The zero-order valence-corrected chi connectivity index (χ0v) is 18.5. The molecule has 3 rings (SSSR count). The highest BCUT2D eigenvalue weighted by molar-refractivity contribution is 6.21. The molecule has 3 N–H and O–H groups in total. The second-order valence-corrected chi connectivity index (χ2v) is 8.36. The lowest BCUT2D eigenvalue weighted by Gasteiger charge is -2.37. The Kier molecular flexibility index (Phi) is 5.85. The van der Waals surface area contributed by atoms with Gasteiger partial charge in [-0.1, -0.05) is 25.1 Å². The molecule has 0 fully saturated rings. The highest BCUT2D eigenvalue weighted by Crippen LogP contribution is 2.53. The van der Waals surface area contributed by atoms with Gasteiger partial charge in [-0.25, -0.2) is 9.59 Å². The van der Waals surface area contributed by atoms with Crippen molar-refractivity contribution < 1.29 is 28.6 Å². The average Bonchev–Trinajstić information content (AvgIpc) is 2.93. The summed E-state index contributed by atoms with van der Waals surface area (Å²) in [7, 11) is 0. The molecular formula is C23H28N2O6. The number of amides is 1. The Morgan fingerprint density at radius 1 is 1.13 bits per heavy atom. The van der Waals surface area contributed by atoms with Crippen molar-refractivity contribution in [2.75, 3.05) is 11.9 Å². The molecule has 8 heteroatoms. The highest BCUT2D eigenvalue weighted by atomic mass is 16.6. The van der Waals surface area contributed by atoms with E-state index in [2.05, 4.69) is 5.32 Å². The Morgan fingerprint density at radius 2 is 1.81 bits per heavy atom. The van der Waals surface area contributed by atoms with Crippen molar-refractivity contribution in [1.82, 2.24) is 0 Å². The summed E-state index contributed by atoms with van der Waals surface area (Å²) in [6.45, 7) is 8.77. The fourth-order valence-corrected chi connectivity index (χ4v) is 3.96. The van der Waals surface area contributed by atoms with Gasteiger partial charge in [0.1, 0.15) is 27.9 Å². The van der Waals surface area contributed by atoms with Crippen LogP contribution in [0.2, 0.25) is 0 Å². The number of rotatable bonds is 5. The molecule has 1 spiro atoms. The number of carbonyl (C=O) groups is 3. The van der Waals surface area contributed by atoms with E-state index in [1.54, 1.807) is 52.0 Å². The standard InChI is InChI=1S/C23H28N2O6/c1-6-10-15-16(20(27)31-22(3,4)5)23(17(18(24)30-15)19(26)29-7-2)13-11-8-9-12-14(13)25-21(23)28/h8-9,11-12H,6-7,10,24H2,1-5H3,(H,25,28)/t23-/m0/s1. The summed E-state index contributed by atoms with van der Waals surface area (Å²) in [4.78, 5) is 40.1. The van der Waals surface area contributed by atoms with Crippen molar-refractivity contribution in [3.05, 3.63) is 52.6 Å². The lowest BCUT2D eigenvalue weighted by molar-refractivity contribution is -0.152. The number of allylic oxidation sites excluding steroid dienone is 1. The smallest absolute Gasteiger partial charge is 0.341 e. The van der Waals surface area contributed by atoms with E-state index in [0.717, 1.165) is 0 Å². The van der Waals surface area contributed by atoms with Gasteiger partial charge in [-0.2, -0.15) is 0 Å². The summed E-state index contributed by atoms with van der Waals surface area (Å²) in [6, 6.07) is 6.85. The summed E-state index contributed by atoms with van der Waals surface area (Å²) < 4.78 is 16.6. The Balaban J connectivity index is 2.39. The molecule has 0 saturated carbocycles. The zero-order chi connectivity index (χ0) is 23.0. The molecule has 1 aromatic rings. The van der Waals surface area contributed by atoms with Crippen LogP contribution in [0.3, 0.4) is 0 Å². The zero-order valence-electron chi connectivity index (χ0n) is 18.5.